The van der Waals surface area contributed by atoms with E-state index >= 15 is 0 Å². The van der Waals surface area contributed by atoms with Crippen LogP contribution in [-0.2, 0) is 6.54 Å². The molecule has 0 amide bonds. The molecule has 4 heteroatoms. The highest BCUT2D eigenvalue weighted by Gasteiger charge is 2.16. The molecule has 0 saturated heterocycles. The van der Waals surface area contributed by atoms with Crippen LogP contribution in [0.25, 0.3) is 0 Å². The molecule has 0 atom stereocenters. The molecule has 1 saturated carbocycles. The SMILES string of the molecule is CC(C)NCc1ncn(C2CCCCC2)n1. The van der Waals surface area contributed by atoms with E-state index in [9.17, 15) is 0 Å². The quantitative estimate of drug-likeness (QED) is 0.850. The Bertz CT molecular complexity index is 313. The van der Waals surface area contributed by atoms with E-state index in [-0.39, 0.29) is 0 Å². The van der Waals surface area contributed by atoms with E-state index in [1.54, 1.807) is 0 Å². The van der Waals surface area contributed by atoms with Crippen LogP contribution in [0.4, 0.5) is 0 Å². The van der Waals surface area contributed by atoms with E-state index in [2.05, 4.69) is 33.9 Å². The lowest BCUT2D eigenvalue weighted by Crippen LogP contribution is -2.22. The lowest BCUT2D eigenvalue weighted by atomic mass is 9.96. The van der Waals surface area contributed by atoms with Gasteiger partial charge in [-0.1, -0.05) is 33.1 Å². The summed E-state index contributed by atoms with van der Waals surface area (Å²) >= 11 is 0. The van der Waals surface area contributed by atoms with E-state index < -0.39 is 0 Å². The summed E-state index contributed by atoms with van der Waals surface area (Å²) < 4.78 is 2.07. The highest BCUT2D eigenvalue weighted by molar-refractivity contribution is 4.84. The van der Waals surface area contributed by atoms with Gasteiger partial charge in [0.15, 0.2) is 5.82 Å². The van der Waals surface area contributed by atoms with Crippen molar-refractivity contribution in [2.24, 2.45) is 0 Å². The first-order chi connectivity index (χ1) is 7.75. The predicted molar refractivity (Wildman–Crippen MR) is 64.1 cm³/mol. The van der Waals surface area contributed by atoms with Crippen molar-refractivity contribution in [2.45, 2.75) is 64.6 Å². The van der Waals surface area contributed by atoms with Crippen LogP contribution in [-0.4, -0.2) is 20.8 Å². The molecule has 4 nitrogen and oxygen atoms in total. The van der Waals surface area contributed by atoms with Gasteiger partial charge in [-0.05, 0) is 12.8 Å². The normalized spacial score (nSPS) is 18.2. The van der Waals surface area contributed by atoms with Gasteiger partial charge in [0.2, 0.25) is 0 Å². The van der Waals surface area contributed by atoms with Crippen LogP contribution in [0.3, 0.4) is 0 Å². The molecule has 0 radical (unpaired) electrons. The third-order valence-corrected chi connectivity index (χ3v) is 3.17. The van der Waals surface area contributed by atoms with Crippen LogP contribution in [0.2, 0.25) is 0 Å². The fraction of sp³-hybridized carbons (Fsp3) is 0.833. The zero-order chi connectivity index (χ0) is 11.4. The van der Waals surface area contributed by atoms with Gasteiger partial charge < -0.3 is 5.32 Å². The van der Waals surface area contributed by atoms with Gasteiger partial charge in [0.05, 0.1) is 12.6 Å². The van der Waals surface area contributed by atoms with Crippen molar-refractivity contribution in [1.29, 1.82) is 0 Å². The Balaban J connectivity index is 1.90. The van der Waals surface area contributed by atoms with Crippen LogP contribution in [0.1, 0.15) is 57.8 Å². The Labute approximate surface area is 97.5 Å². The summed E-state index contributed by atoms with van der Waals surface area (Å²) in [4.78, 5) is 4.35. The molecule has 0 bridgehead atoms. The van der Waals surface area contributed by atoms with Crippen LogP contribution in [0.15, 0.2) is 6.33 Å². The summed E-state index contributed by atoms with van der Waals surface area (Å²) in [7, 11) is 0. The fourth-order valence-corrected chi connectivity index (χ4v) is 2.21. The van der Waals surface area contributed by atoms with Crippen LogP contribution in [0, 0.1) is 0 Å². The average Bonchev–Trinajstić information content (AvgIpc) is 2.76. The van der Waals surface area contributed by atoms with Gasteiger partial charge in [0, 0.05) is 6.04 Å². The van der Waals surface area contributed by atoms with E-state index in [0.717, 1.165) is 12.4 Å². The molecule has 90 valence electrons. The summed E-state index contributed by atoms with van der Waals surface area (Å²) in [5.41, 5.74) is 0. The first-order valence-corrected chi connectivity index (χ1v) is 6.39. The van der Waals surface area contributed by atoms with Gasteiger partial charge in [-0.3, -0.25) is 0 Å². The van der Waals surface area contributed by atoms with Gasteiger partial charge in [-0.15, -0.1) is 0 Å². The molecule has 0 spiro atoms. The topological polar surface area (TPSA) is 42.7 Å². The van der Waals surface area contributed by atoms with Gasteiger partial charge in [-0.25, -0.2) is 9.67 Å². The Morgan fingerprint density at radius 1 is 1.38 bits per heavy atom. The molecule has 1 fully saturated rings. The Morgan fingerprint density at radius 2 is 2.12 bits per heavy atom. The van der Waals surface area contributed by atoms with Crippen LogP contribution in [0.5, 0.6) is 0 Å². The summed E-state index contributed by atoms with van der Waals surface area (Å²) in [6.07, 6.45) is 8.48. The van der Waals surface area contributed by atoms with Crippen molar-refractivity contribution >= 4 is 0 Å². The van der Waals surface area contributed by atoms with Crippen molar-refractivity contribution in [2.75, 3.05) is 0 Å². The summed E-state index contributed by atoms with van der Waals surface area (Å²) in [5, 5.41) is 7.89. The molecule has 16 heavy (non-hydrogen) atoms. The third-order valence-electron chi connectivity index (χ3n) is 3.17. The van der Waals surface area contributed by atoms with Crippen molar-refractivity contribution < 1.29 is 0 Å². The standard InChI is InChI=1S/C12H22N4/c1-10(2)13-8-12-14-9-16(15-12)11-6-4-3-5-7-11/h9-11,13H,3-8H2,1-2H3. The maximum atomic E-state index is 4.55. The highest BCUT2D eigenvalue weighted by atomic mass is 15.3. The maximum Gasteiger partial charge on any atom is 0.164 e. The number of hydrogen-bond acceptors (Lipinski definition) is 3. The van der Waals surface area contributed by atoms with Crippen LogP contribution >= 0.6 is 0 Å². The lowest BCUT2D eigenvalue weighted by molar-refractivity contribution is 0.327. The van der Waals surface area contributed by atoms with E-state index in [0.29, 0.717) is 12.1 Å². The lowest BCUT2D eigenvalue weighted by Gasteiger charge is -2.21. The number of nitrogens with one attached hydrogen (secondary N) is 1. The van der Waals surface area contributed by atoms with Gasteiger partial charge in [0.1, 0.15) is 6.33 Å². The molecule has 2 rings (SSSR count). The first kappa shape index (κ1) is 11.6. The smallest absolute Gasteiger partial charge is 0.164 e. The minimum absolute atomic E-state index is 0.488. The zero-order valence-corrected chi connectivity index (χ0v) is 10.3. The first-order valence-electron chi connectivity index (χ1n) is 6.39. The monoisotopic (exact) mass is 222 g/mol. The Hall–Kier alpha value is -0.900. The second-order valence-electron chi connectivity index (χ2n) is 4.97. The molecular formula is C12H22N4. The maximum absolute atomic E-state index is 4.55. The summed E-state index contributed by atoms with van der Waals surface area (Å²) in [6.45, 7) is 5.05. The van der Waals surface area contributed by atoms with Gasteiger partial charge >= 0.3 is 0 Å². The van der Waals surface area contributed by atoms with Crippen molar-refractivity contribution in [1.82, 2.24) is 20.1 Å². The Morgan fingerprint density at radius 3 is 2.81 bits per heavy atom. The summed E-state index contributed by atoms with van der Waals surface area (Å²) in [5.74, 6) is 0.916. The zero-order valence-electron chi connectivity index (χ0n) is 10.3. The molecule has 1 N–H and O–H groups in total. The molecule has 0 aliphatic heterocycles. The number of hydrogen-bond donors (Lipinski definition) is 1. The molecule has 1 aliphatic carbocycles. The Kier molecular flexibility index (Phi) is 3.93. The van der Waals surface area contributed by atoms with E-state index in [1.165, 1.54) is 32.1 Å². The molecule has 1 aromatic heterocycles. The molecule has 1 aromatic rings. The van der Waals surface area contributed by atoms with Crippen molar-refractivity contribution in [3.63, 3.8) is 0 Å². The molecule has 0 aromatic carbocycles. The van der Waals surface area contributed by atoms with Gasteiger partial charge in [0.25, 0.3) is 0 Å². The number of aromatic nitrogens is 3. The largest absolute Gasteiger partial charge is 0.308 e. The molecular weight excluding hydrogens is 200 g/mol. The minimum Gasteiger partial charge on any atom is -0.308 e. The molecule has 0 unspecified atom stereocenters. The summed E-state index contributed by atoms with van der Waals surface area (Å²) in [6, 6.07) is 1.08. The average molecular weight is 222 g/mol. The second kappa shape index (κ2) is 5.43. The predicted octanol–water partition coefficient (Wildman–Crippen LogP) is 2.28. The second-order valence-corrected chi connectivity index (χ2v) is 4.97. The number of rotatable bonds is 4. The van der Waals surface area contributed by atoms with Gasteiger partial charge in [-0.2, -0.15) is 5.10 Å². The number of nitrogens with zero attached hydrogens (tertiary/aromatic N) is 3. The third kappa shape index (κ3) is 3.04. The van der Waals surface area contributed by atoms with Crippen LogP contribution < -0.4 is 5.32 Å². The molecule has 1 aliphatic rings. The fourth-order valence-electron chi connectivity index (χ4n) is 2.21. The molecule has 1 heterocycles. The minimum atomic E-state index is 0.488. The van der Waals surface area contributed by atoms with E-state index in [1.807, 2.05) is 6.33 Å². The van der Waals surface area contributed by atoms with E-state index in [4.69, 9.17) is 0 Å². The van der Waals surface area contributed by atoms with Crippen molar-refractivity contribution in [3.05, 3.63) is 12.2 Å². The van der Waals surface area contributed by atoms with Crippen molar-refractivity contribution in [3.8, 4) is 0 Å². The highest BCUT2D eigenvalue weighted by Crippen LogP contribution is 2.26.